The molecule has 0 unspecified atom stereocenters. The molecular weight excluding hydrogens is 486 g/mol. The van der Waals surface area contributed by atoms with Gasteiger partial charge in [-0.25, -0.2) is 4.98 Å². The Balaban J connectivity index is 1.45. The minimum Gasteiger partial charge on any atom is -0.490 e. The molecule has 0 spiro atoms. The monoisotopic (exact) mass is 515 g/mol. The van der Waals surface area contributed by atoms with Crippen LogP contribution in [0, 0.1) is 0 Å². The highest BCUT2D eigenvalue weighted by molar-refractivity contribution is 6.30. The number of aromatic nitrogens is 2. The fraction of sp³-hybridized carbons (Fsp3) is 0.300. The summed E-state index contributed by atoms with van der Waals surface area (Å²) in [6.07, 6.45) is 7.25. The Morgan fingerprint density at radius 2 is 1.78 bits per heavy atom. The molecule has 0 saturated heterocycles. The topological polar surface area (TPSA) is 65.7 Å². The first-order chi connectivity index (χ1) is 18.1. The smallest absolute Gasteiger partial charge is 0.282 e. The zero-order chi connectivity index (χ0) is 25.6. The van der Waals surface area contributed by atoms with Crippen molar-refractivity contribution in [3.05, 3.63) is 99.1 Å². The molecule has 37 heavy (non-hydrogen) atoms. The minimum absolute atomic E-state index is 0.143. The Labute approximate surface area is 221 Å². The molecule has 6 nitrogen and oxygen atoms in total. The van der Waals surface area contributed by atoms with E-state index in [2.05, 4.69) is 5.10 Å². The normalized spacial score (nSPS) is 14.3. The third kappa shape index (κ3) is 5.86. The maximum Gasteiger partial charge on any atom is 0.282 e. The van der Waals surface area contributed by atoms with E-state index in [4.69, 9.17) is 26.1 Å². The van der Waals surface area contributed by atoms with Crippen molar-refractivity contribution in [2.45, 2.75) is 51.6 Å². The first kappa shape index (κ1) is 25.0. The Kier molecular flexibility index (Phi) is 7.85. The number of benzene rings is 3. The Morgan fingerprint density at radius 1 is 1.00 bits per heavy atom. The van der Waals surface area contributed by atoms with E-state index in [0.717, 1.165) is 48.2 Å². The van der Waals surface area contributed by atoms with Crippen molar-refractivity contribution < 1.29 is 9.47 Å². The van der Waals surface area contributed by atoms with Crippen molar-refractivity contribution in [1.29, 1.82) is 0 Å². The number of para-hydroxylation sites is 1. The number of hydrogen-bond acceptors (Lipinski definition) is 5. The van der Waals surface area contributed by atoms with E-state index in [1.165, 1.54) is 11.1 Å². The van der Waals surface area contributed by atoms with Gasteiger partial charge in [0.1, 0.15) is 12.4 Å². The molecule has 4 aromatic rings. The van der Waals surface area contributed by atoms with Crippen molar-refractivity contribution >= 4 is 28.7 Å². The number of fused-ring (bicyclic) bond motifs is 1. The zero-order valence-corrected chi connectivity index (χ0v) is 21.7. The van der Waals surface area contributed by atoms with Crippen LogP contribution in [0.15, 0.2) is 76.6 Å². The Bertz CT molecular complexity index is 1460. The summed E-state index contributed by atoms with van der Waals surface area (Å²) in [5.74, 6) is 2.23. The molecule has 5 rings (SSSR count). The van der Waals surface area contributed by atoms with E-state index in [1.807, 2.05) is 67.6 Å². The summed E-state index contributed by atoms with van der Waals surface area (Å²) in [4.78, 5) is 18.3. The third-order valence-electron chi connectivity index (χ3n) is 6.65. The summed E-state index contributed by atoms with van der Waals surface area (Å²) >= 11 is 5.98. The molecule has 0 atom stereocenters. The quantitative estimate of drug-likeness (QED) is 0.238. The average molecular weight is 516 g/mol. The number of hydrogen-bond donors (Lipinski definition) is 0. The molecule has 0 N–H and O–H groups in total. The molecule has 1 aliphatic carbocycles. The Hall–Kier alpha value is -3.64. The highest BCUT2D eigenvalue weighted by Gasteiger charge is 2.22. The second-order valence-corrected chi connectivity index (χ2v) is 9.67. The number of nitrogens with zero attached hydrogens (tertiary/aromatic N) is 3. The van der Waals surface area contributed by atoms with Crippen LogP contribution < -0.4 is 15.0 Å². The SMILES string of the molecule is CCOc1cc(C=Nn2c(C3CCCCC3)nc3ccccc3c2=O)ccc1OCc1ccc(Cl)cc1. The van der Waals surface area contributed by atoms with Gasteiger partial charge in [0.2, 0.25) is 0 Å². The van der Waals surface area contributed by atoms with Gasteiger partial charge in [0, 0.05) is 10.9 Å². The highest BCUT2D eigenvalue weighted by Crippen LogP contribution is 2.32. The lowest BCUT2D eigenvalue weighted by Crippen LogP contribution is -2.25. The average Bonchev–Trinajstić information content (AvgIpc) is 2.93. The van der Waals surface area contributed by atoms with Crippen LogP contribution in [-0.4, -0.2) is 22.5 Å². The summed E-state index contributed by atoms with van der Waals surface area (Å²) in [5, 5.41) is 5.90. The fourth-order valence-corrected chi connectivity index (χ4v) is 4.86. The van der Waals surface area contributed by atoms with Crippen LogP contribution in [0.4, 0.5) is 0 Å². The second-order valence-electron chi connectivity index (χ2n) is 9.24. The maximum atomic E-state index is 13.4. The molecule has 3 aromatic carbocycles. The second kappa shape index (κ2) is 11.6. The zero-order valence-electron chi connectivity index (χ0n) is 20.9. The van der Waals surface area contributed by atoms with E-state index in [9.17, 15) is 4.79 Å². The van der Waals surface area contributed by atoms with Crippen LogP contribution >= 0.6 is 11.6 Å². The summed E-state index contributed by atoms with van der Waals surface area (Å²) in [7, 11) is 0. The molecule has 0 aliphatic heterocycles. The van der Waals surface area contributed by atoms with Gasteiger partial charge in [0.15, 0.2) is 11.5 Å². The van der Waals surface area contributed by atoms with Crippen LogP contribution in [0.1, 0.15) is 61.9 Å². The van der Waals surface area contributed by atoms with Crippen LogP contribution in [0.25, 0.3) is 10.9 Å². The van der Waals surface area contributed by atoms with Gasteiger partial charge < -0.3 is 9.47 Å². The molecular formula is C30H30ClN3O3. The molecule has 1 aromatic heterocycles. The molecule has 1 saturated carbocycles. The van der Waals surface area contributed by atoms with Gasteiger partial charge in [-0.15, -0.1) is 0 Å². The molecule has 1 heterocycles. The molecule has 1 aliphatic rings. The van der Waals surface area contributed by atoms with Crippen LogP contribution in [0.5, 0.6) is 11.5 Å². The molecule has 0 amide bonds. The lowest BCUT2D eigenvalue weighted by atomic mass is 9.88. The van der Waals surface area contributed by atoms with Crippen LogP contribution in [-0.2, 0) is 6.61 Å². The standard InChI is InChI=1S/C30H30ClN3O3/c1-2-36-28-18-22(14-17-27(28)37-20-21-12-15-24(31)16-13-21)19-32-34-29(23-8-4-3-5-9-23)33-26-11-7-6-10-25(26)30(34)35/h6-7,10-19,23H,2-5,8-9,20H2,1H3. The van der Waals surface area contributed by atoms with Crippen LogP contribution in [0.2, 0.25) is 5.02 Å². The van der Waals surface area contributed by atoms with Gasteiger partial charge in [-0.3, -0.25) is 4.79 Å². The van der Waals surface area contributed by atoms with Crippen molar-refractivity contribution in [3.63, 3.8) is 0 Å². The predicted molar refractivity (Wildman–Crippen MR) is 148 cm³/mol. The molecule has 190 valence electrons. The van der Waals surface area contributed by atoms with Gasteiger partial charge >= 0.3 is 0 Å². The van der Waals surface area contributed by atoms with Crippen LogP contribution in [0.3, 0.4) is 0 Å². The minimum atomic E-state index is -0.143. The van der Waals surface area contributed by atoms with Crippen molar-refractivity contribution in [1.82, 2.24) is 9.66 Å². The van der Waals surface area contributed by atoms with Gasteiger partial charge in [-0.05, 0) is 73.4 Å². The van der Waals surface area contributed by atoms with Gasteiger partial charge in [0.25, 0.3) is 5.56 Å². The number of ether oxygens (including phenoxy) is 2. The van der Waals surface area contributed by atoms with Crippen molar-refractivity contribution in [2.24, 2.45) is 5.10 Å². The first-order valence-corrected chi connectivity index (χ1v) is 13.2. The fourth-order valence-electron chi connectivity index (χ4n) is 4.74. The molecule has 1 fully saturated rings. The molecule has 0 radical (unpaired) electrons. The lowest BCUT2D eigenvalue weighted by molar-refractivity contribution is 0.269. The van der Waals surface area contributed by atoms with Crippen molar-refractivity contribution in [3.8, 4) is 11.5 Å². The highest BCUT2D eigenvalue weighted by atomic mass is 35.5. The number of rotatable bonds is 8. The largest absolute Gasteiger partial charge is 0.490 e. The maximum absolute atomic E-state index is 13.4. The van der Waals surface area contributed by atoms with E-state index in [1.54, 1.807) is 12.3 Å². The van der Waals surface area contributed by atoms with E-state index in [-0.39, 0.29) is 11.5 Å². The van der Waals surface area contributed by atoms with E-state index < -0.39 is 0 Å². The summed E-state index contributed by atoms with van der Waals surface area (Å²) in [6.45, 7) is 2.83. The van der Waals surface area contributed by atoms with Gasteiger partial charge in [-0.1, -0.05) is 55.1 Å². The first-order valence-electron chi connectivity index (χ1n) is 12.8. The molecule has 7 heteroatoms. The van der Waals surface area contributed by atoms with E-state index >= 15 is 0 Å². The summed E-state index contributed by atoms with van der Waals surface area (Å²) in [6, 6.07) is 20.7. The van der Waals surface area contributed by atoms with Gasteiger partial charge in [-0.2, -0.15) is 9.78 Å². The predicted octanol–water partition coefficient (Wildman–Crippen LogP) is 6.96. The van der Waals surface area contributed by atoms with Gasteiger partial charge in [0.05, 0.1) is 23.7 Å². The van der Waals surface area contributed by atoms with Crippen molar-refractivity contribution in [2.75, 3.05) is 6.61 Å². The Morgan fingerprint density at radius 3 is 2.57 bits per heavy atom. The lowest BCUT2D eigenvalue weighted by Gasteiger charge is -2.22. The third-order valence-corrected chi connectivity index (χ3v) is 6.90. The summed E-state index contributed by atoms with van der Waals surface area (Å²) < 4.78 is 13.4. The van der Waals surface area contributed by atoms with E-state index in [0.29, 0.717) is 35.1 Å². The summed E-state index contributed by atoms with van der Waals surface area (Å²) in [5.41, 5.74) is 2.39. The molecule has 0 bridgehead atoms. The number of halogens is 1.